The van der Waals surface area contributed by atoms with Gasteiger partial charge in [0.05, 0.1) is 35.4 Å². The summed E-state index contributed by atoms with van der Waals surface area (Å²) in [6, 6.07) is 9.11. The molecule has 0 aliphatic rings. The Hall–Kier alpha value is -2.25. The van der Waals surface area contributed by atoms with Crippen LogP contribution in [-0.4, -0.2) is 23.4 Å². The van der Waals surface area contributed by atoms with Gasteiger partial charge in [-0.1, -0.05) is 35.9 Å². The number of hydrogen-bond acceptors (Lipinski definition) is 3. The number of ether oxygens (including phenoxy) is 1. The Bertz CT molecular complexity index is 840. The summed E-state index contributed by atoms with van der Waals surface area (Å²) in [5.74, 6) is -1.52. The van der Waals surface area contributed by atoms with E-state index in [1.807, 2.05) is 0 Å². The van der Waals surface area contributed by atoms with E-state index in [9.17, 15) is 22.8 Å². The van der Waals surface area contributed by atoms with Crippen LogP contribution in [0.15, 0.2) is 42.5 Å². The van der Waals surface area contributed by atoms with Crippen LogP contribution >= 0.6 is 23.4 Å². The van der Waals surface area contributed by atoms with Gasteiger partial charge in [0, 0.05) is 11.8 Å². The topological polar surface area (TPSA) is 46.6 Å². The number of rotatable bonds is 4. The number of benzene rings is 2. The van der Waals surface area contributed by atoms with Crippen molar-refractivity contribution >= 4 is 35.3 Å². The Balaban J connectivity index is 2.31. The van der Waals surface area contributed by atoms with Gasteiger partial charge in [-0.3, -0.25) is 4.79 Å². The lowest BCUT2D eigenvalue weighted by Crippen LogP contribution is -2.24. The molecule has 0 saturated heterocycles. The van der Waals surface area contributed by atoms with Crippen LogP contribution < -0.4 is 0 Å². The quantitative estimate of drug-likeness (QED) is 0.534. The van der Waals surface area contributed by atoms with Gasteiger partial charge in [0.1, 0.15) is 0 Å². The first-order chi connectivity index (χ1) is 12.2. The molecule has 0 atom stereocenters. The molecule has 4 nitrogen and oxygen atoms in total. The van der Waals surface area contributed by atoms with E-state index in [0.29, 0.717) is 4.42 Å². The first-order valence-corrected chi connectivity index (χ1v) is 7.88. The number of hydrogen-bond donors (Lipinski definition) is 0. The maximum atomic E-state index is 12.9. The van der Waals surface area contributed by atoms with Crippen LogP contribution in [0.2, 0.25) is 5.02 Å². The maximum Gasteiger partial charge on any atom is 0.417 e. The monoisotopic (exact) mass is 405 g/mol. The maximum absolute atomic E-state index is 12.9. The largest absolute Gasteiger partial charge is 0.465 e. The molecule has 0 spiro atoms. The molecule has 2 aromatic rings. The SMILES string of the molecule is COC(=O)c1ccccc1C(=O)N(Cl)Cc1cccc(C(F)(F)F)c1Cl. The zero-order valence-corrected chi connectivity index (χ0v) is 14.8. The summed E-state index contributed by atoms with van der Waals surface area (Å²) in [5, 5.41) is -0.542. The van der Waals surface area contributed by atoms with Crippen molar-refractivity contribution < 1.29 is 27.5 Å². The number of esters is 1. The minimum Gasteiger partial charge on any atom is -0.465 e. The van der Waals surface area contributed by atoms with Crippen LogP contribution in [0.5, 0.6) is 0 Å². The van der Waals surface area contributed by atoms with Gasteiger partial charge in [-0.05, 0) is 23.8 Å². The van der Waals surface area contributed by atoms with E-state index in [-0.39, 0.29) is 16.7 Å². The fraction of sp³-hybridized carbons (Fsp3) is 0.176. The summed E-state index contributed by atoms with van der Waals surface area (Å²) in [4.78, 5) is 24.3. The first-order valence-electron chi connectivity index (χ1n) is 7.16. The third kappa shape index (κ3) is 4.28. The molecular weight excluding hydrogens is 394 g/mol. The number of methoxy groups -OCH3 is 1. The van der Waals surface area contributed by atoms with E-state index < -0.39 is 35.2 Å². The summed E-state index contributed by atoms with van der Waals surface area (Å²) in [7, 11) is 1.16. The average molecular weight is 406 g/mol. The highest BCUT2D eigenvalue weighted by molar-refractivity contribution is 6.32. The van der Waals surface area contributed by atoms with Crippen LogP contribution in [0.1, 0.15) is 31.8 Å². The summed E-state index contributed by atoms with van der Waals surface area (Å²) >= 11 is 11.8. The molecule has 2 aromatic carbocycles. The lowest BCUT2D eigenvalue weighted by Gasteiger charge is -2.18. The van der Waals surface area contributed by atoms with E-state index in [4.69, 9.17) is 23.4 Å². The fourth-order valence-electron chi connectivity index (χ4n) is 2.23. The smallest absolute Gasteiger partial charge is 0.417 e. The third-order valence-corrected chi connectivity index (χ3v) is 4.20. The number of nitrogens with zero attached hydrogens (tertiary/aromatic N) is 1. The zero-order chi connectivity index (χ0) is 19.5. The molecule has 138 valence electrons. The highest BCUT2D eigenvalue weighted by atomic mass is 35.5. The van der Waals surface area contributed by atoms with Crippen molar-refractivity contribution in [3.05, 3.63) is 69.7 Å². The molecule has 2 rings (SSSR count). The lowest BCUT2D eigenvalue weighted by atomic mass is 10.1. The molecule has 0 bridgehead atoms. The van der Waals surface area contributed by atoms with Crippen LogP contribution in [0.4, 0.5) is 13.2 Å². The van der Waals surface area contributed by atoms with Crippen molar-refractivity contribution in [3.8, 4) is 0 Å². The van der Waals surface area contributed by atoms with Gasteiger partial charge in [-0.15, -0.1) is 0 Å². The summed E-state index contributed by atoms with van der Waals surface area (Å²) in [6.45, 7) is -0.390. The van der Waals surface area contributed by atoms with Crippen molar-refractivity contribution in [1.82, 2.24) is 4.42 Å². The van der Waals surface area contributed by atoms with Crippen molar-refractivity contribution in [2.24, 2.45) is 0 Å². The van der Waals surface area contributed by atoms with Gasteiger partial charge in [0.15, 0.2) is 0 Å². The van der Waals surface area contributed by atoms with E-state index >= 15 is 0 Å². The lowest BCUT2D eigenvalue weighted by molar-refractivity contribution is -0.137. The molecule has 0 aliphatic heterocycles. The normalized spacial score (nSPS) is 11.2. The van der Waals surface area contributed by atoms with E-state index in [1.165, 1.54) is 36.4 Å². The number of amides is 1. The molecule has 0 saturated carbocycles. The zero-order valence-electron chi connectivity index (χ0n) is 13.3. The van der Waals surface area contributed by atoms with Gasteiger partial charge in [0.2, 0.25) is 0 Å². The summed E-state index contributed by atoms with van der Waals surface area (Å²) in [5.41, 5.74) is -1.07. The first kappa shape index (κ1) is 20.1. The molecule has 0 heterocycles. The number of carbonyl (C=O) groups excluding carboxylic acids is 2. The van der Waals surface area contributed by atoms with E-state index in [2.05, 4.69) is 4.74 Å². The predicted molar refractivity (Wildman–Crippen MR) is 90.0 cm³/mol. The van der Waals surface area contributed by atoms with Crippen molar-refractivity contribution in [2.75, 3.05) is 7.11 Å². The highest BCUT2D eigenvalue weighted by Crippen LogP contribution is 2.36. The minimum atomic E-state index is -4.63. The second-order valence-electron chi connectivity index (χ2n) is 5.14. The summed E-state index contributed by atoms with van der Waals surface area (Å²) in [6.07, 6.45) is -4.63. The van der Waals surface area contributed by atoms with Crippen LogP contribution in [-0.2, 0) is 17.5 Å². The molecular formula is C17H12Cl2F3NO3. The Morgan fingerprint density at radius 2 is 1.69 bits per heavy atom. The van der Waals surface area contributed by atoms with Gasteiger partial charge < -0.3 is 4.74 Å². The standard InChI is InChI=1S/C17H12Cl2F3NO3/c1-26-16(25)12-7-3-2-6-11(12)15(24)23(19)9-10-5-4-8-13(14(10)18)17(20,21)22/h2-8H,9H2,1H3. The molecule has 0 radical (unpaired) electrons. The number of halogens is 5. The van der Waals surface area contributed by atoms with Crippen molar-refractivity contribution in [1.29, 1.82) is 0 Å². The number of alkyl halides is 3. The molecule has 9 heteroatoms. The van der Waals surface area contributed by atoms with Crippen LogP contribution in [0.3, 0.4) is 0 Å². The van der Waals surface area contributed by atoms with Crippen molar-refractivity contribution in [3.63, 3.8) is 0 Å². The Kier molecular flexibility index (Phi) is 6.15. The Morgan fingerprint density at radius 1 is 1.08 bits per heavy atom. The second kappa shape index (κ2) is 7.97. The van der Waals surface area contributed by atoms with E-state index in [0.717, 1.165) is 13.2 Å². The highest BCUT2D eigenvalue weighted by Gasteiger charge is 2.34. The van der Waals surface area contributed by atoms with Gasteiger partial charge >= 0.3 is 12.1 Å². The Labute approximate surface area is 157 Å². The molecule has 1 amide bonds. The third-order valence-electron chi connectivity index (χ3n) is 3.48. The molecule has 0 aliphatic carbocycles. The molecule has 0 N–H and O–H groups in total. The molecule has 0 unspecified atom stereocenters. The summed E-state index contributed by atoms with van der Waals surface area (Å²) < 4.78 is 44.0. The van der Waals surface area contributed by atoms with Gasteiger partial charge in [-0.2, -0.15) is 13.2 Å². The van der Waals surface area contributed by atoms with Gasteiger partial charge in [0.25, 0.3) is 5.91 Å². The molecule has 0 fully saturated rings. The van der Waals surface area contributed by atoms with Crippen LogP contribution in [0.25, 0.3) is 0 Å². The van der Waals surface area contributed by atoms with Gasteiger partial charge in [-0.25, -0.2) is 9.21 Å². The van der Waals surface area contributed by atoms with Crippen LogP contribution in [0, 0.1) is 0 Å². The second-order valence-corrected chi connectivity index (χ2v) is 5.93. The minimum absolute atomic E-state index is 0.0132. The van der Waals surface area contributed by atoms with Crippen molar-refractivity contribution in [2.45, 2.75) is 12.7 Å². The molecule has 26 heavy (non-hydrogen) atoms. The van der Waals surface area contributed by atoms with E-state index in [1.54, 1.807) is 0 Å². The number of carbonyl (C=O) groups is 2. The predicted octanol–water partition coefficient (Wildman–Crippen LogP) is 4.94. The Morgan fingerprint density at radius 3 is 2.27 bits per heavy atom. The molecule has 0 aromatic heterocycles. The fourth-order valence-corrected chi connectivity index (χ4v) is 2.74. The average Bonchev–Trinajstić information content (AvgIpc) is 2.61.